The third kappa shape index (κ3) is 3.81. The molecule has 0 fully saturated rings. The molecule has 2 heterocycles. The van der Waals surface area contributed by atoms with Gasteiger partial charge in [-0.15, -0.1) is 0 Å². The maximum atomic E-state index is 12.3. The molecule has 2 aromatic heterocycles. The van der Waals surface area contributed by atoms with Gasteiger partial charge in [0.2, 0.25) is 0 Å². The predicted molar refractivity (Wildman–Crippen MR) is 83.6 cm³/mol. The molecule has 1 amide bonds. The van der Waals surface area contributed by atoms with Crippen LogP contribution < -0.4 is 10.6 Å². The van der Waals surface area contributed by atoms with Crippen LogP contribution in [0.15, 0.2) is 24.5 Å². The third-order valence-electron chi connectivity index (χ3n) is 3.06. The van der Waals surface area contributed by atoms with Gasteiger partial charge in [0.1, 0.15) is 5.69 Å². The first-order valence-electron chi connectivity index (χ1n) is 7.17. The van der Waals surface area contributed by atoms with Gasteiger partial charge < -0.3 is 10.6 Å². The van der Waals surface area contributed by atoms with E-state index in [0.717, 1.165) is 36.5 Å². The minimum absolute atomic E-state index is 0.224. The Morgan fingerprint density at radius 3 is 2.90 bits per heavy atom. The zero-order chi connectivity index (χ0) is 15.2. The number of hydrogen-bond donors (Lipinski definition) is 2. The molecule has 21 heavy (non-hydrogen) atoms. The largest absolute Gasteiger partial charge is 0.385 e. The first kappa shape index (κ1) is 15.0. The fraction of sp³-hybridized carbons (Fsp3) is 0.400. The van der Waals surface area contributed by atoms with Crippen molar-refractivity contribution in [3.63, 3.8) is 0 Å². The van der Waals surface area contributed by atoms with Gasteiger partial charge in [-0.1, -0.05) is 13.8 Å². The number of anilines is 2. The summed E-state index contributed by atoms with van der Waals surface area (Å²) in [5.74, 6) is -0.224. The minimum atomic E-state index is -0.224. The van der Waals surface area contributed by atoms with E-state index in [1.54, 1.807) is 23.1 Å². The van der Waals surface area contributed by atoms with Crippen molar-refractivity contribution in [2.75, 3.05) is 17.2 Å². The lowest BCUT2D eigenvalue weighted by Crippen LogP contribution is -2.14. The van der Waals surface area contributed by atoms with Crippen molar-refractivity contribution in [2.45, 2.75) is 26.7 Å². The topological polar surface area (TPSA) is 71.8 Å². The Labute approximate surface area is 124 Å². The summed E-state index contributed by atoms with van der Waals surface area (Å²) >= 11 is 0. The Morgan fingerprint density at radius 2 is 2.19 bits per heavy atom. The summed E-state index contributed by atoms with van der Waals surface area (Å²) in [4.78, 5) is 16.4. The molecule has 0 bridgehead atoms. The molecule has 0 aliphatic heterocycles. The van der Waals surface area contributed by atoms with Gasteiger partial charge in [0.25, 0.3) is 5.91 Å². The second-order valence-corrected chi connectivity index (χ2v) is 4.83. The molecule has 112 valence electrons. The first-order chi connectivity index (χ1) is 10.1. The Hall–Kier alpha value is -2.37. The molecule has 0 unspecified atom stereocenters. The number of aryl methyl sites for hydroxylation is 2. The Kier molecular flexibility index (Phi) is 4.92. The SMILES string of the molecule is CCCNc1ccnc(C(=O)Nc2cn(C)nc2CC)c1. The second-order valence-electron chi connectivity index (χ2n) is 4.83. The van der Waals surface area contributed by atoms with Crippen LogP contribution in [-0.4, -0.2) is 27.2 Å². The Bertz CT molecular complexity index is 620. The van der Waals surface area contributed by atoms with Gasteiger partial charge in [-0.25, -0.2) is 0 Å². The molecule has 6 nitrogen and oxygen atoms in total. The molecule has 0 aromatic carbocycles. The van der Waals surface area contributed by atoms with E-state index in [1.807, 2.05) is 20.0 Å². The van der Waals surface area contributed by atoms with Crippen molar-refractivity contribution in [1.82, 2.24) is 14.8 Å². The number of aromatic nitrogens is 3. The summed E-state index contributed by atoms with van der Waals surface area (Å²) < 4.78 is 1.70. The molecule has 0 spiro atoms. The van der Waals surface area contributed by atoms with Crippen molar-refractivity contribution in [3.8, 4) is 0 Å². The molecule has 0 saturated heterocycles. The quantitative estimate of drug-likeness (QED) is 0.856. The van der Waals surface area contributed by atoms with Crippen molar-refractivity contribution in [3.05, 3.63) is 35.9 Å². The van der Waals surface area contributed by atoms with E-state index < -0.39 is 0 Å². The fourth-order valence-corrected chi connectivity index (χ4v) is 2.02. The van der Waals surface area contributed by atoms with Crippen LogP contribution in [0.2, 0.25) is 0 Å². The van der Waals surface area contributed by atoms with Gasteiger partial charge in [0, 0.05) is 31.7 Å². The van der Waals surface area contributed by atoms with E-state index in [1.165, 1.54) is 0 Å². The Morgan fingerprint density at radius 1 is 1.38 bits per heavy atom. The number of pyridine rings is 1. The molecule has 0 atom stereocenters. The molecule has 2 rings (SSSR count). The molecule has 0 saturated carbocycles. The first-order valence-corrected chi connectivity index (χ1v) is 7.17. The van der Waals surface area contributed by atoms with E-state index in [2.05, 4.69) is 27.6 Å². The highest BCUT2D eigenvalue weighted by molar-refractivity contribution is 6.03. The number of amides is 1. The summed E-state index contributed by atoms with van der Waals surface area (Å²) in [6, 6.07) is 3.61. The highest BCUT2D eigenvalue weighted by Gasteiger charge is 2.12. The molecule has 0 aliphatic carbocycles. The highest BCUT2D eigenvalue weighted by atomic mass is 16.1. The van der Waals surface area contributed by atoms with Crippen molar-refractivity contribution >= 4 is 17.3 Å². The minimum Gasteiger partial charge on any atom is -0.385 e. The predicted octanol–water partition coefficient (Wildman–Crippen LogP) is 2.45. The van der Waals surface area contributed by atoms with Crippen molar-refractivity contribution in [2.24, 2.45) is 7.05 Å². The summed E-state index contributed by atoms with van der Waals surface area (Å²) in [6.07, 6.45) is 5.23. The number of rotatable bonds is 6. The van der Waals surface area contributed by atoms with Crippen molar-refractivity contribution < 1.29 is 4.79 Å². The van der Waals surface area contributed by atoms with Gasteiger partial charge in [-0.05, 0) is 25.0 Å². The van der Waals surface area contributed by atoms with Crippen molar-refractivity contribution in [1.29, 1.82) is 0 Å². The average molecular weight is 287 g/mol. The van der Waals surface area contributed by atoms with E-state index >= 15 is 0 Å². The summed E-state index contributed by atoms with van der Waals surface area (Å²) in [7, 11) is 1.84. The lowest BCUT2D eigenvalue weighted by atomic mass is 10.2. The number of carbonyl (C=O) groups is 1. The molecule has 2 aromatic rings. The van der Waals surface area contributed by atoms with Crippen LogP contribution in [0, 0.1) is 0 Å². The summed E-state index contributed by atoms with van der Waals surface area (Å²) in [5, 5.41) is 10.4. The lowest BCUT2D eigenvalue weighted by molar-refractivity contribution is 0.102. The smallest absolute Gasteiger partial charge is 0.274 e. The van der Waals surface area contributed by atoms with E-state index in [4.69, 9.17) is 0 Å². The van der Waals surface area contributed by atoms with Gasteiger partial charge in [0.15, 0.2) is 0 Å². The van der Waals surface area contributed by atoms with E-state index in [9.17, 15) is 4.79 Å². The van der Waals surface area contributed by atoms with Crippen LogP contribution in [0.25, 0.3) is 0 Å². The number of carbonyl (C=O) groups excluding carboxylic acids is 1. The van der Waals surface area contributed by atoms with Crippen LogP contribution in [0.4, 0.5) is 11.4 Å². The van der Waals surface area contributed by atoms with Crippen LogP contribution in [-0.2, 0) is 13.5 Å². The van der Waals surface area contributed by atoms with Crippen LogP contribution in [0.5, 0.6) is 0 Å². The molecule has 6 heteroatoms. The maximum absolute atomic E-state index is 12.3. The zero-order valence-electron chi connectivity index (χ0n) is 12.7. The molecule has 0 radical (unpaired) electrons. The molecular formula is C15H21N5O. The fourth-order valence-electron chi connectivity index (χ4n) is 2.02. The van der Waals surface area contributed by atoms with Gasteiger partial charge >= 0.3 is 0 Å². The number of hydrogen-bond acceptors (Lipinski definition) is 4. The third-order valence-corrected chi connectivity index (χ3v) is 3.06. The standard InChI is InChI=1S/C15H21N5O/c1-4-7-16-11-6-8-17-13(9-11)15(21)18-14-10-20(3)19-12(14)5-2/h6,8-10H,4-5,7H2,1-3H3,(H,16,17)(H,18,21). The summed E-state index contributed by atoms with van der Waals surface area (Å²) in [5.41, 5.74) is 2.89. The monoisotopic (exact) mass is 287 g/mol. The van der Waals surface area contributed by atoms with E-state index in [-0.39, 0.29) is 5.91 Å². The van der Waals surface area contributed by atoms with Gasteiger partial charge in [0.05, 0.1) is 11.4 Å². The van der Waals surface area contributed by atoms with Gasteiger partial charge in [-0.2, -0.15) is 5.10 Å². The van der Waals surface area contributed by atoms with Gasteiger partial charge in [-0.3, -0.25) is 14.5 Å². The Balaban J connectivity index is 2.12. The second kappa shape index (κ2) is 6.88. The lowest BCUT2D eigenvalue weighted by Gasteiger charge is -2.07. The average Bonchev–Trinajstić information content (AvgIpc) is 2.85. The van der Waals surface area contributed by atoms with Crippen LogP contribution >= 0.6 is 0 Å². The van der Waals surface area contributed by atoms with Crippen LogP contribution in [0.3, 0.4) is 0 Å². The number of nitrogens with zero attached hydrogens (tertiary/aromatic N) is 3. The molecule has 0 aliphatic rings. The highest BCUT2D eigenvalue weighted by Crippen LogP contribution is 2.15. The molecule has 2 N–H and O–H groups in total. The summed E-state index contributed by atoms with van der Waals surface area (Å²) in [6.45, 7) is 4.97. The maximum Gasteiger partial charge on any atom is 0.274 e. The normalized spacial score (nSPS) is 10.4. The molecular weight excluding hydrogens is 266 g/mol. The van der Waals surface area contributed by atoms with Crippen LogP contribution in [0.1, 0.15) is 36.5 Å². The zero-order valence-corrected chi connectivity index (χ0v) is 12.7. The number of nitrogens with one attached hydrogen (secondary N) is 2. The van der Waals surface area contributed by atoms with E-state index in [0.29, 0.717) is 5.69 Å².